The van der Waals surface area contributed by atoms with Gasteiger partial charge in [-0.2, -0.15) is 0 Å². The molecular formula is C15H12Cl2N4OS. The molecular weight excluding hydrogens is 355 g/mol. The van der Waals surface area contributed by atoms with Gasteiger partial charge in [0.15, 0.2) is 0 Å². The molecule has 0 saturated carbocycles. The molecule has 0 bridgehead atoms. The maximum Gasteiger partial charge on any atom is 0.247 e. The van der Waals surface area contributed by atoms with E-state index in [0.717, 1.165) is 34.3 Å². The van der Waals surface area contributed by atoms with Crippen molar-refractivity contribution in [3.8, 4) is 0 Å². The molecule has 3 aromatic rings. The normalized spacial score (nSPS) is 14.7. The van der Waals surface area contributed by atoms with E-state index in [9.17, 15) is 4.79 Å². The van der Waals surface area contributed by atoms with Gasteiger partial charge in [-0.1, -0.05) is 29.3 Å². The molecule has 118 valence electrons. The molecule has 0 saturated heterocycles. The highest BCUT2D eigenvalue weighted by atomic mass is 35.5. The molecule has 0 unspecified atom stereocenters. The van der Waals surface area contributed by atoms with Gasteiger partial charge in [-0.3, -0.25) is 4.79 Å². The van der Waals surface area contributed by atoms with Crippen molar-refractivity contribution < 1.29 is 0 Å². The van der Waals surface area contributed by atoms with E-state index in [4.69, 9.17) is 23.2 Å². The Balaban J connectivity index is 1.64. The first kappa shape index (κ1) is 15.0. The zero-order valence-corrected chi connectivity index (χ0v) is 14.1. The van der Waals surface area contributed by atoms with Crippen molar-refractivity contribution in [1.82, 2.24) is 14.3 Å². The number of aromatic amines is 2. The molecule has 0 radical (unpaired) electrons. The quantitative estimate of drug-likeness (QED) is 0.596. The minimum absolute atomic E-state index is 0.0960. The number of aromatic nitrogens is 2. The number of hydrogen-bond acceptors (Lipinski definition) is 4. The van der Waals surface area contributed by atoms with Gasteiger partial charge in [-0.05, 0) is 17.2 Å². The van der Waals surface area contributed by atoms with Gasteiger partial charge in [0.2, 0.25) is 5.56 Å². The molecule has 0 fully saturated rings. The lowest BCUT2D eigenvalue weighted by molar-refractivity contribution is 0.460. The SMILES string of the molecule is O=c1ccc(CN2Cc3cc(Cl)c4c(Cl)c[nH]c4c3NS2)c[nH]1. The molecule has 8 heteroatoms. The fourth-order valence-corrected chi connectivity index (χ4v) is 4.19. The molecule has 1 aromatic carbocycles. The predicted octanol–water partition coefficient (Wildman–Crippen LogP) is 4.15. The lowest BCUT2D eigenvalue weighted by atomic mass is 10.1. The Morgan fingerprint density at radius 1 is 1.17 bits per heavy atom. The highest BCUT2D eigenvalue weighted by molar-refractivity contribution is 7.98. The largest absolute Gasteiger partial charge is 0.358 e. The van der Waals surface area contributed by atoms with Gasteiger partial charge < -0.3 is 14.7 Å². The monoisotopic (exact) mass is 366 g/mol. The Kier molecular flexibility index (Phi) is 3.77. The maximum atomic E-state index is 11.1. The standard InChI is InChI=1S/C15H12Cl2N4OS/c16-10-3-9-7-21(6-8-1-2-12(22)18-4-8)23-20-14(9)15-13(10)11(17)5-19-15/h1-5,19-20H,6-7H2,(H,18,22). The van der Waals surface area contributed by atoms with Crippen LogP contribution in [-0.4, -0.2) is 14.3 Å². The minimum atomic E-state index is -0.0960. The Labute approximate surface area is 146 Å². The lowest BCUT2D eigenvalue weighted by Gasteiger charge is -2.28. The van der Waals surface area contributed by atoms with Crippen LogP contribution in [0.15, 0.2) is 35.4 Å². The van der Waals surface area contributed by atoms with Gasteiger partial charge >= 0.3 is 0 Å². The van der Waals surface area contributed by atoms with E-state index < -0.39 is 0 Å². The van der Waals surface area contributed by atoms with Crippen molar-refractivity contribution in [2.24, 2.45) is 0 Å². The first-order valence-corrected chi connectivity index (χ1v) is 8.48. The summed E-state index contributed by atoms with van der Waals surface area (Å²) in [5, 5.41) is 2.10. The smallest absolute Gasteiger partial charge is 0.247 e. The molecule has 0 atom stereocenters. The summed E-state index contributed by atoms with van der Waals surface area (Å²) in [5.41, 5.74) is 3.98. The van der Waals surface area contributed by atoms with Gasteiger partial charge in [0, 0.05) is 49.1 Å². The third-order valence-corrected chi connectivity index (χ3v) is 5.18. The van der Waals surface area contributed by atoms with E-state index >= 15 is 0 Å². The van der Waals surface area contributed by atoms with Gasteiger partial charge in [-0.15, -0.1) is 0 Å². The molecule has 2 aromatic heterocycles. The minimum Gasteiger partial charge on any atom is -0.358 e. The van der Waals surface area contributed by atoms with E-state index in [0.29, 0.717) is 16.6 Å². The fourth-order valence-electron chi connectivity index (χ4n) is 2.69. The molecule has 1 aliphatic heterocycles. The summed E-state index contributed by atoms with van der Waals surface area (Å²) in [4.78, 5) is 17.0. The fraction of sp³-hybridized carbons (Fsp3) is 0.133. The van der Waals surface area contributed by atoms with Crippen LogP contribution in [0.2, 0.25) is 10.0 Å². The van der Waals surface area contributed by atoms with Crippen LogP contribution in [0, 0.1) is 0 Å². The summed E-state index contributed by atoms with van der Waals surface area (Å²) in [6, 6.07) is 5.31. The average Bonchev–Trinajstić information content (AvgIpc) is 2.92. The highest BCUT2D eigenvalue weighted by Gasteiger charge is 2.22. The Hall–Kier alpha value is -1.60. The van der Waals surface area contributed by atoms with Crippen LogP contribution < -0.4 is 10.3 Å². The van der Waals surface area contributed by atoms with Crippen LogP contribution in [0.25, 0.3) is 10.9 Å². The number of anilines is 1. The number of pyridine rings is 1. The topological polar surface area (TPSA) is 63.9 Å². The summed E-state index contributed by atoms with van der Waals surface area (Å²) < 4.78 is 5.51. The molecule has 0 amide bonds. The first-order chi connectivity index (χ1) is 11.1. The molecule has 1 aliphatic rings. The number of halogens is 2. The number of fused-ring (bicyclic) bond motifs is 3. The van der Waals surface area contributed by atoms with E-state index in [-0.39, 0.29) is 5.56 Å². The molecule has 23 heavy (non-hydrogen) atoms. The second-order valence-corrected chi connectivity index (χ2v) is 7.05. The average molecular weight is 367 g/mol. The van der Waals surface area contributed by atoms with E-state index in [1.54, 1.807) is 12.4 Å². The van der Waals surface area contributed by atoms with Crippen molar-refractivity contribution in [3.05, 3.63) is 62.1 Å². The van der Waals surface area contributed by atoms with Crippen molar-refractivity contribution in [2.45, 2.75) is 13.1 Å². The number of rotatable bonds is 2. The second-order valence-electron chi connectivity index (χ2n) is 5.33. The molecule has 0 spiro atoms. The van der Waals surface area contributed by atoms with E-state index in [1.807, 2.05) is 12.1 Å². The van der Waals surface area contributed by atoms with E-state index in [1.165, 1.54) is 18.2 Å². The van der Waals surface area contributed by atoms with Crippen LogP contribution in [-0.2, 0) is 13.1 Å². The van der Waals surface area contributed by atoms with Crippen molar-refractivity contribution in [3.63, 3.8) is 0 Å². The van der Waals surface area contributed by atoms with Crippen molar-refractivity contribution in [1.29, 1.82) is 0 Å². The van der Waals surface area contributed by atoms with Crippen LogP contribution in [0.3, 0.4) is 0 Å². The Morgan fingerprint density at radius 2 is 2.04 bits per heavy atom. The van der Waals surface area contributed by atoms with Gasteiger partial charge in [0.25, 0.3) is 0 Å². The first-order valence-electron chi connectivity index (χ1n) is 6.95. The third-order valence-electron chi connectivity index (χ3n) is 3.77. The molecule has 5 nitrogen and oxygen atoms in total. The number of nitrogens with zero attached hydrogens (tertiary/aromatic N) is 1. The number of hydrogen-bond donors (Lipinski definition) is 3. The van der Waals surface area contributed by atoms with Crippen LogP contribution in [0.1, 0.15) is 11.1 Å². The van der Waals surface area contributed by atoms with E-state index in [2.05, 4.69) is 19.0 Å². The number of H-pyrrole nitrogens is 2. The van der Waals surface area contributed by atoms with Crippen LogP contribution in [0.5, 0.6) is 0 Å². The summed E-state index contributed by atoms with van der Waals surface area (Å²) in [6.07, 6.45) is 3.48. The number of benzene rings is 1. The van der Waals surface area contributed by atoms with Crippen LogP contribution >= 0.6 is 35.3 Å². The van der Waals surface area contributed by atoms with Crippen molar-refractivity contribution >= 4 is 51.9 Å². The Morgan fingerprint density at radius 3 is 2.83 bits per heavy atom. The summed E-state index contributed by atoms with van der Waals surface area (Å²) in [5.74, 6) is 0. The summed E-state index contributed by atoms with van der Waals surface area (Å²) in [6.45, 7) is 1.44. The molecule has 3 heterocycles. The van der Waals surface area contributed by atoms with Gasteiger partial charge in [-0.25, -0.2) is 4.31 Å². The molecule has 3 N–H and O–H groups in total. The zero-order valence-electron chi connectivity index (χ0n) is 11.8. The summed E-state index contributed by atoms with van der Waals surface area (Å²) >= 11 is 14.1. The van der Waals surface area contributed by atoms with Gasteiger partial charge in [0.05, 0.1) is 21.2 Å². The summed E-state index contributed by atoms with van der Waals surface area (Å²) in [7, 11) is 0. The predicted molar refractivity (Wildman–Crippen MR) is 95.8 cm³/mol. The second kappa shape index (κ2) is 5.79. The van der Waals surface area contributed by atoms with Crippen LogP contribution in [0.4, 0.5) is 5.69 Å². The highest BCUT2D eigenvalue weighted by Crippen LogP contribution is 2.41. The Bertz CT molecular complexity index is 932. The van der Waals surface area contributed by atoms with Gasteiger partial charge in [0.1, 0.15) is 0 Å². The number of nitrogens with one attached hydrogen (secondary N) is 3. The molecule has 0 aliphatic carbocycles. The zero-order chi connectivity index (χ0) is 16.0. The maximum absolute atomic E-state index is 11.1. The lowest BCUT2D eigenvalue weighted by Crippen LogP contribution is -2.22. The third kappa shape index (κ3) is 2.72. The molecule has 4 rings (SSSR count). The van der Waals surface area contributed by atoms with Crippen molar-refractivity contribution in [2.75, 3.05) is 4.72 Å².